The molecule has 0 spiro atoms. The Bertz CT molecular complexity index is 489. The van der Waals surface area contributed by atoms with Crippen molar-refractivity contribution in [3.63, 3.8) is 0 Å². The Kier molecular flexibility index (Phi) is 10.3. The second-order valence-corrected chi connectivity index (χ2v) is 7.64. The minimum Gasteiger partial charge on any atom is -0.383 e. The van der Waals surface area contributed by atoms with Gasteiger partial charge >= 0.3 is 0 Å². The molecule has 158 valence electrons. The van der Waals surface area contributed by atoms with Gasteiger partial charge in [0.15, 0.2) is 0 Å². The molecule has 2 atom stereocenters. The molecule has 9 heteroatoms. The highest BCUT2D eigenvalue weighted by Crippen LogP contribution is 2.45. The van der Waals surface area contributed by atoms with Crippen molar-refractivity contribution in [2.45, 2.75) is 25.7 Å². The zero-order valence-corrected chi connectivity index (χ0v) is 17.8. The van der Waals surface area contributed by atoms with Crippen LogP contribution >= 0.6 is 24.8 Å². The molecular weight excluding hydrogens is 391 g/mol. The lowest BCUT2D eigenvalue weighted by atomic mass is 9.67. The summed E-state index contributed by atoms with van der Waals surface area (Å²) in [5.74, 6) is 0.896. The van der Waals surface area contributed by atoms with Crippen LogP contribution in [0.1, 0.15) is 25.7 Å². The van der Waals surface area contributed by atoms with Crippen LogP contribution in [0, 0.1) is 11.3 Å². The summed E-state index contributed by atoms with van der Waals surface area (Å²) in [4.78, 5) is 29.3. The monoisotopic (exact) mass is 424 g/mol. The number of hydrogen-bond donors (Lipinski definition) is 2. The van der Waals surface area contributed by atoms with Crippen LogP contribution in [0.15, 0.2) is 0 Å². The topological polar surface area (TPSA) is 73.9 Å². The van der Waals surface area contributed by atoms with Crippen LogP contribution in [0.5, 0.6) is 0 Å². The van der Waals surface area contributed by atoms with E-state index in [1.165, 1.54) is 19.3 Å². The maximum atomic E-state index is 13.2. The van der Waals surface area contributed by atoms with Crippen LogP contribution in [0.3, 0.4) is 0 Å². The van der Waals surface area contributed by atoms with E-state index in [0.29, 0.717) is 31.5 Å². The molecule has 3 aliphatic rings. The summed E-state index contributed by atoms with van der Waals surface area (Å²) in [5.41, 5.74) is -0.155. The van der Waals surface area contributed by atoms with E-state index in [0.717, 1.165) is 45.7 Å². The maximum absolute atomic E-state index is 13.2. The van der Waals surface area contributed by atoms with Crippen molar-refractivity contribution in [2.75, 3.05) is 66.1 Å². The molecule has 0 aromatic rings. The molecule has 2 aliphatic heterocycles. The van der Waals surface area contributed by atoms with Crippen molar-refractivity contribution < 1.29 is 14.3 Å². The van der Waals surface area contributed by atoms with Gasteiger partial charge in [-0.1, -0.05) is 12.8 Å². The third kappa shape index (κ3) is 5.70. The van der Waals surface area contributed by atoms with E-state index in [-0.39, 0.29) is 36.1 Å². The summed E-state index contributed by atoms with van der Waals surface area (Å²) in [5, 5.41) is 6.31. The second-order valence-electron chi connectivity index (χ2n) is 7.64. The first kappa shape index (κ1) is 24.4. The number of amides is 2. The molecule has 0 aromatic carbocycles. The average Bonchev–Trinajstić information content (AvgIpc) is 3.07. The molecule has 27 heavy (non-hydrogen) atoms. The van der Waals surface area contributed by atoms with Gasteiger partial charge in [-0.3, -0.25) is 14.5 Å². The first-order chi connectivity index (χ1) is 12.2. The molecule has 1 aliphatic carbocycles. The number of carbonyl (C=O) groups excluding carboxylic acids is 2. The van der Waals surface area contributed by atoms with Crippen LogP contribution < -0.4 is 10.6 Å². The van der Waals surface area contributed by atoms with Crippen LogP contribution in [0.25, 0.3) is 0 Å². The molecule has 0 bridgehead atoms. The zero-order valence-electron chi connectivity index (χ0n) is 16.2. The molecule has 3 rings (SSSR count). The van der Waals surface area contributed by atoms with Crippen LogP contribution in [-0.2, 0) is 14.3 Å². The van der Waals surface area contributed by atoms with Gasteiger partial charge in [0.05, 0.1) is 18.6 Å². The van der Waals surface area contributed by atoms with Crippen molar-refractivity contribution in [1.29, 1.82) is 0 Å². The summed E-state index contributed by atoms with van der Waals surface area (Å²) in [6, 6.07) is 0. The van der Waals surface area contributed by atoms with Crippen molar-refractivity contribution in [1.82, 2.24) is 20.4 Å². The number of hydrogen-bond acceptors (Lipinski definition) is 5. The number of nitrogens with zero attached hydrogens (tertiary/aromatic N) is 2. The highest BCUT2D eigenvalue weighted by molar-refractivity contribution is 5.86. The zero-order chi connectivity index (χ0) is 17.7. The smallest absolute Gasteiger partial charge is 0.234 e. The summed E-state index contributed by atoms with van der Waals surface area (Å²) < 4.78 is 4.94. The van der Waals surface area contributed by atoms with E-state index in [4.69, 9.17) is 4.74 Å². The van der Waals surface area contributed by atoms with Gasteiger partial charge in [-0.05, 0) is 25.3 Å². The van der Waals surface area contributed by atoms with Crippen LogP contribution in [-0.4, -0.2) is 87.7 Å². The predicted octanol–water partition coefficient (Wildman–Crippen LogP) is 0.517. The quantitative estimate of drug-likeness (QED) is 0.607. The van der Waals surface area contributed by atoms with E-state index >= 15 is 0 Å². The number of rotatable bonds is 6. The highest BCUT2D eigenvalue weighted by Gasteiger charge is 2.51. The van der Waals surface area contributed by atoms with Crippen molar-refractivity contribution >= 4 is 36.6 Å². The van der Waals surface area contributed by atoms with Gasteiger partial charge in [0.1, 0.15) is 0 Å². The molecule has 2 saturated heterocycles. The number of methoxy groups -OCH3 is 1. The third-order valence-corrected chi connectivity index (χ3v) is 6.12. The molecule has 0 radical (unpaired) electrons. The number of carbonyl (C=O) groups is 2. The predicted molar refractivity (Wildman–Crippen MR) is 110 cm³/mol. The molecule has 2 heterocycles. The highest BCUT2D eigenvalue weighted by atomic mass is 35.5. The van der Waals surface area contributed by atoms with Crippen LogP contribution in [0.2, 0.25) is 0 Å². The van der Waals surface area contributed by atoms with Crippen molar-refractivity contribution in [3.8, 4) is 0 Å². The van der Waals surface area contributed by atoms with E-state index in [9.17, 15) is 9.59 Å². The molecule has 0 aromatic heterocycles. The fourth-order valence-electron chi connectivity index (χ4n) is 4.64. The summed E-state index contributed by atoms with van der Waals surface area (Å²) in [7, 11) is 1.62. The SMILES string of the molecule is COCCNC(=O)CN1CCN(C(=O)[C@@]23CCCC[C@H]2CNC3)CC1.Cl.Cl. The summed E-state index contributed by atoms with van der Waals surface area (Å²) in [6.45, 7) is 6.34. The third-order valence-electron chi connectivity index (χ3n) is 6.12. The van der Waals surface area contributed by atoms with Gasteiger partial charge in [-0.2, -0.15) is 0 Å². The maximum Gasteiger partial charge on any atom is 0.234 e. The molecule has 3 fully saturated rings. The van der Waals surface area contributed by atoms with Gasteiger partial charge < -0.3 is 20.3 Å². The Morgan fingerprint density at radius 3 is 2.63 bits per heavy atom. The first-order valence-corrected chi connectivity index (χ1v) is 9.64. The Balaban J connectivity index is 0.00000182. The van der Waals surface area contributed by atoms with Gasteiger partial charge in [0.25, 0.3) is 0 Å². The van der Waals surface area contributed by atoms with Gasteiger partial charge in [-0.25, -0.2) is 0 Å². The van der Waals surface area contributed by atoms with Crippen molar-refractivity contribution in [2.24, 2.45) is 11.3 Å². The summed E-state index contributed by atoms with van der Waals surface area (Å²) in [6.07, 6.45) is 4.64. The lowest BCUT2D eigenvalue weighted by molar-refractivity contribution is -0.147. The Hall–Kier alpha value is -0.600. The number of piperazine rings is 1. The van der Waals surface area contributed by atoms with Gasteiger partial charge in [0, 0.05) is 46.4 Å². The fourth-order valence-corrected chi connectivity index (χ4v) is 4.64. The normalized spacial score (nSPS) is 27.9. The lowest BCUT2D eigenvalue weighted by Gasteiger charge is -2.43. The van der Waals surface area contributed by atoms with Crippen molar-refractivity contribution in [3.05, 3.63) is 0 Å². The second kappa shape index (κ2) is 11.4. The van der Waals surface area contributed by atoms with E-state index < -0.39 is 0 Å². The Morgan fingerprint density at radius 1 is 1.19 bits per heavy atom. The Morgan fingerprint density at radius 2 is 1.93 bits per heavy atom. The van der Waals surface area contributed by atoms with Gasteiger partial charge in [-0.15, -0.1) is 24.8 Å². The standard InChI is InChI=1S/C18H32N4O3.2ClH/c1-25-11-6-20-16(23)13-21-7-9-22(10-8-21)17(24)18-5-3-2-4-15(18)12-19-14-18;;/h15,19H,2-14H2,1H3,(H,20,23);2*1H/t15-,18+;;/m0../s1. The molecular formula is C18H34Cl2N4O3. The largest absolute Gasteiger partial charge is 0.383 e. The molecule has 2 N–H and O–H groups in total. The number of nitrogens with one attached hydrogen (secondary N) is 2. The van der Waals surface area contributed by atoms with Crippen LogP contribution in [0.4, 0.5) is 0 Å². The molecule has 1 saturated carbocycles. The molecule has 2 amide bonds. The molecule has 7 nitrogen and oxygen atoms in total. The number of ether oxygens (including phenoxy) is 1. The minimum absolute atomic E-state index is 0. The van der Waals surface area contributed by atoms with E-state index in [1.807, 2.05) is 4.90 Å². The average molecular weight is 425 g/mol. The van der Waals surface area contributed by atoms with E-state index in [1.54, 1.807) is 7.11 Å². The fraction of sp³-hybridized carbons (Fsp3) is 0.889. The number of halogens is 2. The number of fused-ring (bicyclic) bond motifs is 1. The minimum atomic E-state index is -0.155. The lowest BCUT2D eigenvalue weighted by Crippen LogP contribution is -2.56. The Labute approximate surface area is 174 Å². The molecule has 0 unspecified atom stereocenters. The summed E-state index contributed by atoms with van der Waals surface area (Å²) >= 11 is 0. The van der Waals surface area contributed by atoms with Gasteiger partial charge in [0.2, 0.25) is 11.8 Å². The van der Waals surface area contributed by atoms with E-state index in [2.05, 4.69) is 15.5 Å². The first-order valence-electron chi connectivity index (χ1n) is 9.64.